The molecule has 1 fully saturated rings. The summed E-state index contributed by atoms with van der Waals surface area (Å²) in [6.07, 6.45) is 1.92. The number of halogens is 1. The van der Waals surface area contributed by atoms with E-state index in [9.17, 15) is 9.18 Å². The van der Waals surface area contributed by atoms with Gasteiger partial charge in [-0.3, -0.25) is 4.79 Å². The third-order valence-electron chi connectivity index (χ3n) is 5.87. The highest BCUT2D eigenvalue weighted by atomic mass is 19.1. The quantitative estimate of drug-likeness (QED) is 0.550. The topological polar surface area (TPSA) is 47.2 Å². The molecule has 0 saturated carbocycles. The highest BCUT2D eigenvalue weighted by molar-refractivity contribution is 5.77. The number of carbonyl (C=O) groups excluding carboxylic acids is 1. The van der Waals surface area contributed by atoms with E-state index in [4.69, 9.17) is 4.74 Å². The van der Waals surface area contributed by atoms with Crippen molar-refractivity contribution in [1.82, 2.24) is 5.32 Å². The first-order chi connectivity index (χ1) is 14.5. The fourth-order valence-electron chi connectivity index (χ4n) is 4.12. The summed E-state index contributed by atoms with van der Waals surface area (Å²) in [5.74, 6) is 0.635. The lowest BCUT2D eigenvalue weighted by Crippen LogP contribution is -3.28. The second-order valence-electron chi connectivity index (χ2n) is 8.30. The van der Waals surface area contributed by atoms with E-state index in [0.29, 0.717) is 6.54 Å². The molecule has 1 heterocycles. The van der Waals surface area contributed by atoms with Gasteiger partial charge in [0.05, 0.1) is 12.7 Å². The Hall–Kier alpha value is -2.44. The Kier molecular flexibility index (Phi) is 8.22. The largest absolute Gasteiger partial charge is 0.496 e. The van der Waals surface area contributed by atoms with Gasteiger partial charge in [-0.2, -0.15) is 0 Å². The third-order valence-corrected chi connectivity index (χ3v) is 5.87. The first-order valence-corrected chi connectivity index (χ1v) is 10.9. The van der Waals surface area contributed by atoms with Crippen LogP contribution in [-0.2, 0) is 17.8 Å². The van der Waals surface area contributed by atoms with Crippen molar-refractivity contribution in [1.29, 1.82) is 0 Å². The molecule has 1 atom stereocenters. The van der Waals surface area contributed by atoms with Crippen LogP contribution >= 0.6 is 0 Å². The molecule has 0 aliphatic carbocycles. The van der Waals surface area contributed by atoms with Crippen LogP contribution < -0.4 is 19.9 Å². The predicted octanol–water partition coefficient (Wildman–Crippen LogP) is 0.255. The number of aryl methyl sites for hydroxylation is 1. The predicted molar refractivity (Wildman–Crippen MR) is 115 cm³/mol. The molecule has 6 heteroatoms. The van der Waals surface area contributed by atoms with Gasteiger partial charge in [-0.1, -0.05) is 30.3 Å². The van der Waals surface area contributed by atoms with E-state index in [2.05, 4.69) is 24.4 Å². The molecule has 0 radical (unpaired) electrons. The van der Waals surface area contributed by atoms with Gasteiger partial charge in [0.15, 0.2) is 6.54 Å². The summed E-state index contributed by atoms with van der Waals surface area (Å²) in [5, 5.41) is 3.15. The number of quaternary nitrogens is 2. The summed E-state index contributed by atoms with van der Waals surface area (Å²) in [7, 11) is 1.62. The maximum Gasteiger partial charge on any atom is 0.275 e. The van der Waals surface area contributed by atoms with Crippen LogP contribution in [0.15, 0.2) is 48.5 Å². The second-order valence-corrected chi connectivity index (χ2v) is 8.30. The van der Waals surface area contributed by atoms with Crippen molar-refractivity contribution < 1.29 is 23.7 Å². The van der Waals surface area contributed by atoms with Crippen molar-refractivity contribution in [2.45, 2.75) is 32.4 Å². The summed E-state index contributed by atoms with van der Waals surface area (Å²) in [6, 6.07) is 15.2. The average Bonchev–Trinajstić information content (AvgIpc) is 2.74. The molecule has 5 nitrogen and oxygen atoms in total. The summed E-state index contributed by atoms with van der Waals surface area (Å²) in [6.45, 7) is 7.16. The lowest BCUT2D eigenvalue weighted by molar-refractivity contribution is -1.02. The first kappa shape index (κ1) is 22.2. The number of benzene rings is 2. The SMILES string of the molecule is COc1ccc(F)cc1C[NH+]1CC[NH+](CC(=O)N[C@H](C)CCc2ccccc2)CC1. The summed E-state index contributed by atoms with van der Waals surface area (Å²) < 4.78 is 18.9. The Bertz CT molecular complexity index is 807. The average molecular weight is 416 g/mol. The normalized spacial score (nSPS) is 19.8. The Morgan fingerprint density at radius 3 is 2.50 bits per heavy atom. The standard InChI is InChI=1S/C24H32FN3O2/c1-19(8-9-20-6-4-3-5-7-20)26-24(29)18-28-14-12-27(13-15-28)17-21-16-22(25)10-11-23(21)30-2/h3-7,10-11,16,19H,8-9,12-15,17-18H2,1-2H3,(H,26,29)/p+2/t19-/m1/s1. The molecule has 1 aliphatic heterocycles. The number of amides is 1. The fourth-order valence-corrected chi connectivity index (χ4v) is 4.12. The number of rotatable bonds is 9. The molecule has 1 aliphatic rings. The molecular weight excluding hydrogens is 381 g/mol. The summed E-state index contributed by atoms with van der Waals surface area (Å²) >= 11 is 0. The van der Waals surface area contributed by atoms with Crippen molar-refractivity contribution in [3.8, 4) is 5.75 Å². The zero-order valence-corrected chi connectivity index (χ0v) is 18.0. The number of ether oxygens (including phenoxy) is 1. The third kappa shape index (κ3) is 6.82. The van der Waals surface area contributed by atoms with E-state index in [-0.39, 0.29) is 17.8 Å². The maximum absolute atomic E-state index is 13.6. The van der Waals surface area contributed by atoms with Gasteiger partial charge in [-0.25, -0.2) is 4.39 Å². The Morgan fingerprint density at radius 1 is 1.10 bits per heavy atom. The number of carbonyl (C=O) groups is 1. The van der Waals surface area contributed by atoms with E-state index >= 15 is 0 Å². The molecule has 162 valence electrons. The van der Waals surface area contributed by atoms with E-state index in [0.717, 1.165) is 56.9 Å². The highest BCUT2D eigenvalue weighted by Crippen LogP contribution is 2.18. The van der Waals surface area contributed by atoms with Gasteiger partial charge in [-0.15, -0.1) is 0 Å². The van der Waals surface area contributed by atoms with Crippen LogP contribution in [0.3, 0.4) is 0 Å². The van der Waals surface area contributed by atoms with E-state index in [1.54, 1.807) is 19.2 Å². The van der Waals surface area contributed by atoms with Crippen LogP contribution in [0.1, 0.15) is 24.5 Å². The van der Waals surface area contributed by atoms with Gasteiger partial charge >= 0.3 is 0 Å². The molecule has 2 aromatic rings. The molecule has 1 saturated heterocycles. The number of nitrogens with one attached hydrogen (secondary N) is 3. The van der Waals surface area contributed by atoms with Crippen molar-refractivity contribution in [3.63, 3.8) is 0 Å². The summed E-state index contributed by atoms with van der Waals surface area (Å²) in [4.78, 5) is 15.1. The lowest BCUT2D eigenvalue weighted by atomic mass is 10.1. The molecule has 3 N–H and O–H groups in total. The molecule has 2 aromatic carbocycles. The van der Waals surface area contributed by atoms with Crippen LogP contribution in [0, 0.1) is 5.82 Å². The van der Waals surface area contributed by atoms with Gasteiger partial charge in [0.25, 0.3) is 5.91 Å². The lowest BCUT2D eigenvalue weighted by Gasteiger charge is -2.30. The second kappa shape index (κ2) is 11.1. The Morgan fingerprint density at radius 2 is 1.80 bits per heavy atom. The van der Waals surface area contributed by atoms with Crippen LogP contribution in [0.4, 0.5) is 4.39 Å². The zero-order chi connectivity index (χ0) is 21.3. The van der Waals surface area contributed by atoms with Crippen molar-refractivity contribution in [3.05, 3.63) is 65.5 Å². The monoisotopic (exact) mass is 415 g/mol. The number of methoxy groups -OCH3 is 1. The molecule has 0 unspecified atom stereocenters. The number of hydrogen-bond donors (Lipinski definition) is 3. The first-order valence-electron chi connectivity index (χ1n) is 10.9. The van der Waals surface area contributed by atoms with E-state index in [1.165, 1.54) is 21.4 Å². The Labute approximate surface area is 178 Å². The van der Waals surface area contributed by atoms with Crippen LogP contribution in [0.5, 0.6) is 5.75 Å². The molecule has 0 aromatic heterocycles. The molecule has 0 spiro atoms. The summed E-state index contributed by atoms with van der Waals surface area (Å²) in [5.41, 5.74) is 2.21. The number of hydrogen-bond acceptors (Lipinski definition) is 2. The van der Waals surface area contributed by atoms with Crippen LogP contribution in [-0.4, -0.2) is 51.8 Å². The number of piperazine rings is 1. The molecular formula is C24H34FN3O2+2. The Balaban J connectivity index is 1.38. The maximum atomic E-state index is 13.6. The smallest absolute Gasteiger partial charge is 0.275 e. The van der Waals surface area contributed by atoms with Crippen molar-refractivity contribution in [2.24, 2.45) is 0 Å². The molecule has 0 bridgehead atoms. The minimum Gasteiger partial charge on any atom is -0.496 e. The minimum absolute atomic E-state index is 0.126. The van der Waals surface area contributed by atoms with Gasteiger partial charge < -0.3 is 19.9 Å². The zero-order valence-electron chi connectivity index (χ0n) is 18.0. The van der Waals surface area contributed by atoms with E-state index < -0.39 is 0 Å². The van der Waals surface area contributed by atoms with Crippen LogP contribution in [0.25, 0.3) is 0 Å². The molecule has 1 amide bonds. The van der Waals surface area contributed by atoms with Gasteiger partial charge in [-0.05, 0) is 43.5 Å². The van der Waals surface area contributed by atoms with E-state index in [1.807, 2.05) is 18.2 Å². The minimum atomic E-state index is -0.229. The van der Waals surface area contributed by atoms with Gasteiger partial charge in [0, 0.05) is 6.04 Å². The van der Waals surface area contributed by atoms with Crippen LogP contribution in [0.2, 0.25) is 0 Å². The van der Waals surface area contributed by atoms with Gasteiger partial charge in [0.2, 0.25) is 0 Å². The molecule has 30 heavy (non-hydrogen) atoms. The van der Waals surface area contributed by atoms with Crippen molar-refractivity contribution in [2.75, 3.05) is 39.8 Å². The highest BCUT2D eigenvalue weighted by Gasteiger charge is 2.26. The fraction of sp³-hybridized carbons (Fsp3) is 0.458. The van der Waals surface area contributed by atoms with Crippen molar-refractivity contribution >= 4 is 5.91 Å². The molecule has 3 rings (SSSR count). The van der Waals surface area contributed by atoms with Gasteiger partial charge in [0.1, 0.15) is 44.3 Å².